The number of hydrogen-bond acceptors (Lipinski definition) is 4. The average Bonchev–Trinajstić information content (AvgIpc) is 2.87. The van der Waals surface area contributed by atoms with Crippen LogP contribution in [0.2, 0.25) is 0 Å². The molecule has 6 heteroatoms. The van der Waals surface area contributed by atoms with Crippen molar-refractivity contribution in [1.82, 2.24) is 14.9 Å². The number of nitrogens with zero attached hydrogens (tertiary/aromatic N) is 2. The number of rotatable bonds is 4. The van der Waals surface area contributed by atoms with Crippen molar-refractivity contribution in [1.29, 1.82) is 0 Å². The van der Waals surface area contributed by atoms with E-state index in [4.69, 9.17) is 0 Å². The molecule has 3 rings (SSSR count). The molecule has 2 heterocycles. The van der Waals surface area contributed by atoms with Gasteiger partial charge in [0.05, 0.1) is 12.6 Å². The third kappa shape index (κ3) is 3.65. The van der Waals surface area contributed by atoms with Crippen LogP contribution in [0, 0.1) is 5.82 Å². The molecule has 0 bridgehead atoms. The van der Waals surface area contributed by atoms with Crippen molar-refractivity contribution in [3.63, 3.8) is 0 Å². The van der Waals surface area contributed by atoms with Crippen molar-refractivity contribution < 1.29 is 9.50 Å². The van der Waals surface area contributed by atoms with E-state index in [2.05, 4.69) is 9.97 Å². The Morgan fingerprint density at radius 1 is 1.43 bits per heavy atom. The van der Waals surface area contributed by atoms with Crippen LogP contribution in [0.5, 0.6) is 0 Å². The number of aromatic nitrogens is 2. The first kappa shape index (κ1) is 15.8. The molecular weight excluding hydrogens is 297 g/mol. The average molecular weight is 317 g/mol. The fourth-order valence-corrected chi connectivity index (χ4v) is 3.13. The van der Waals surface area contributed by atoms with Crippen LogP contribution >= 0.6 is 0 Å². The molecule has 0 aliphatic carbocycles. The monoisotopic (exact) mass is 317 g/mol. The Balaban J connectivity index is 1.85. The lowest BCUT2D eigenvalue weighted by Gasteiger charge is -2.24. The first-order valence-electron chi connectivity index (χ1n) is 7.82. The molecule has 0 radical (unpaired) electrons. The molecule has 122 valence electrons. The molecule has 5 nitrogen and oxygen atoms in total. The number of β-amino-alcohol motifs (C(OH)–C–C–N with tert-alkyl or cyclic N) is 1. The van der Waals surface area contributed by atoms with Gasteiger partial charge in [0.15, 0.2) is 0 Å². The number of aromatic amines is 1. The zero-order chi connectivity index (χ0) is 16.4. The van der Waals surface area contributed by atoms with Crippen molar-refractivity contribution in [3.05, 3.63) is 63.6 Å². The maximum absolute atomic E-state index is 13.5. The molecule has 2 atom stereocenters. The standard InChI is InChI=1S/C17H20FN3O2/c1-2-13-7-17(23)20-16(19-13)10-21-9-14(22)8-15(21)11-4-3-5-12(18)6-11/h3-7,14-15,22H,2,8-10H2,1H3,(H,19,20,23). The summed E-state index contributed by atoms with van der Waals surface area (Å²) in [6, 6.07) is 7.84. The second-order valence-electron chi connectivity index (χ2n) is 5.93. The van der Waals surface area contributed by atoms with Gasteiger partial charge in [-0.25, -0.2) is 9.37 Å². The van der Waals surface area contributed by atoms with Crippen molar-refractivity contribution in [2.45, 2.75) is 38.5 Å². The molecule has 1 aliphatic heterocycles. The lowest BCUT2D eigenvalue weighted by Crippen LogP contribution is -2.27. The fraction of sp³-hybridized carbons (Fsp3) is 0.412. The van der Waals surface area contributed by atoms with Crippen LogP contribution in [0.1, 0.15) is 36.5 Å². The second kappa shape index (κ2) is 6.60. The molecular formula is C17H20FN3O2. The first-order chi connectivity index (χ1) is 11.0. The van der Waals surface area contributed by atoms with Crippen LogP contribution < -0.4 is 5.56 Å². The Kier molecular flexibility index (Phi) is 4.54. The van der Waals surface area contributed by atoms with Gasteiger partial charge in [0.2, 0.25) is 0 Å². The van der Waals surface area contributed by atoms with Crippen LogP contribution in [-0.4, -0.2) is 32.6 Å². The molecule has 0 amide bonds. The Morgan fingerprint density at radius 3 is 3.00 bits per heavy atom. The highest BCUT2D eigenvalue weighted by atomic mass is 19.1. The van der Waals surface area contributed by atoms with Gasteiger partial charge in [0.1, 0.15) is 11.6 Å². The van der Waals surface area contributed by atoms with Gasteiger partial charge >= 0.3 is 0 Å². The van der Waals surface area contributed by atoms with E-state index in [-0.39, 0.29) is 17.4 Å². The smallest absolute Gasteiger partial charge is 0.251 e. The summed E-state index contributed by atoms with van der Waals surface area (Å²) in [4.78, 5) is 20.9. The first-order valence-corrected chi connectivity index (χ1v) is 7.82. The summed E-state index contributed by atoms with van der Waals surface area (Å²) in [6.07, 6.45) is 0.762. The summed E-state index contributed by atoms with van der Waals surface area (Å²) in [5, 5.41) is 10.0. The van der Waals surface area contributed by atoms with Crippen LogP contribution in [0.4, 0.5) is 4.39 Å². The quantitative estimate of drug-likeness (QED) is 0.902. The molecule has 1 fully saturated rings. The summed E-state index contributed by atoms with van der Waals surface area (Å²) < 4.78 is 13.5. The van der Waals surface area contributed by atoms with E-state index >= 15 is 0 Å². The lowest BCUT2D eigenvalue weighted by atomic mass is 10.0. The normalized spacial score (nSPS) is 21.7. The number of nitrogens with one attached hydrogen (secondary N) is 1. The Morgan fingerprint density at radius 2 is 2.26 bits per heavy atom. The molecule has 1 aromatic heterocycles. The summed E-state index contributed by atoms with van der Waals surface area (Å²) in [5.41, 5.74) is 1.40. The van der Waals surface area contributed by atoms with E-state index in [1.54, 1.807) is 6.07 Å². The fourth-order valence-electron chi connectivity index (χ4n) is 3.13. The van der Waals surface area contributed by atoms with E-state index in [1.165, 1.54) is 18.2 Å². The molecule has 2 unspecified atom stereocenters. The second-order valence-corrected chi connectivity index (χ2v) is 5.93. The third-order valence-corrected chi connectivity index (χ3v) is 4.17. The topological polar surface area (TPSA) is 69.2 Å². The predicted octanol–water partition coefficient (Wildman–Crippen LogP) is 1.78. The summed E-state index contributed by atoms with van der Waals surface area (Å²) in [5.74, 6) is 0.285. The van der Waals surface area contributed by atoms with Gasteiger partial charge in [0, 0.05) is 24.3 Å². The van der Waals surface area contributed by atoms with Crippen LogP contribution in [0.25, 0.3) is 0 Å². The highest BCUT2D eigenvalue weighted by Gasteiger charge is 2.32. The lowest BCUT2D eigenvalue weighted by molar-refractivity contribution is 0.171. The van der Waals surface area contributed by atoms with Gasteiger partial charge in [-0.05, 0) is 30.5 Å². The summed E-state index contributed by atoms with van der Waals surface area (Å²) >= 11 is 0. The van der Waals surface area contributed by atoms with E-state index in [9.17, 15) is 14.3 Å². The van der Waals surface area contributed by atoms with Crippen molar-refractivity contribution in [2.24, 2.45) is 0 Å². The van der Waals surface area contributed by atoms with Gasteiger partial charge in [-0.3, -0.25) is 9.69 Å². The van der Waals surface area contributed by atoms with E-state index in [0.29, 0.717) is 31.8 Å². The molecule has 2 aromatic rings. The van der Waals surface area contributed by atoms with E-state index in [0.717, 1.165) is 11.3 Å². The van der Waals surface area contributed by atoms with Crippen molar-refractivity contribution >= 4 is 0 Å². The number of aliphatic hydroxyl groups is 1. The number of H-pyrrole nitrogens is 1. The largest absolute Gasteiger partial charge is 0.392 e. The summed E-state index contributed by atoms with van der Waals surface area (Å²) in [6.45, 7) is 2.84. The number of hydrogen-bond donors (Lipinski definition) is 2. The van der Waals surface area contributed by atoms with Gasteiger partial charge in [0.25, 0.3) is 5.56 Å². The molecule has 1 saturated heterocycles. The zero-order valence-electron chi connectivity index (χ0n) is 13.0. The van der Waals surface area contributed by atoms with Crippen molar-refractivity contribution in [3.8, 4) is 0 Å². The SMILES string of the molecule is CCc1cc(=O)[nH]c(CN2CC(O)CC2c2cccc(F)c2)n1. The Hall–Kier alpha value is -2.05. The maximum atomic E-state index is 13.5. The molecule has 1 aromatic carbocycles. The third-order valence-electron chi connectivity index (χ3n) is 4.17. The number of aryl methyl sites for hydroxylation is 1. The van der Waals surface area contributed by atoms with Crippen molar-refractivity contribution in [2.75, 3.05) is 6.54 Å². The van der Waals surface area contributed by atoms with Crippen LogP contribution in [-0.2, 0) is 13.0 Å². The van der Waals surface area contributed by atoms with E-state index < -0.39 is 6.10 Å². The van der Waals surface area contributed by atoms with Gasteiger partial charge < -0.3 is 10.1 Å². The maximum Gasteiger partial charge on any atom is 0.251 e. The highest BCUT2D eigenvalue weighted by molar-refractivity contribution is 5.22. The molecule has 23 heavy (non-hydrogen) atoms. The highest BCUT2D eigenvalue weighted by Crippen LogP contribution is 2.33. The molecule has 0 spiro atoms. The minimum absolute atomic E-state index is 0.0868. The van der Waals surface area contributed by atoms with Gasteiger partial charge in [-0.15, -0.1) is 0 Å². The predicted molar refractivity (Wildman–Crippen MR) is 84.4 cm³/mol. The van der Waals surface area contributed by atoms with Gasteiger partial charge in [-0.2, -0.15) is 0 Å². The number of benzene rings is 1. The number of likely N-dealkylation sites (tertiary alicyclic amines) is 1. The zero-order valence-corrected chi connectivity index (χ0v) is 13.0. The minimum Gasteiger partial charge on any atom is -0.392 e. The van der Waals surface area contributed by atoms with E-state index in [1.807, 2.05) is 17.9 Å². The molecule has 0 saturated carbocycles. The number of aliphatic hydroxyl groups excluding tert-OH is 1. The van der Waals surface area contributed by atoms with Crippen LogP contribution in [0.3, 0.4) is 0 Å². The Labute approximate surface area is 133 Å². The molecule has 2 N–H and O–H groups in total. The summed E-state index contributed by atoms with van der Waals surface area (Å²) in [7, 11) is 0. The molecule has 1 aliphatic rings. The Bertz CT molecular complexity index is 747. The minimum atomic E-state index is -0.468. The van der Waals surface area contributed by atoms with Gasteiger partial charge in [-0.1, -0.05) is 19.1 Å². The van der Waals surface area contributed by atoms with Crippen LogP contribution in [0.15, 0.2) is 35.1 Å². The number of halogens is 1.